The first-order chi connectivity index (χ1) is 15.9. The summed E-state index contributed by atoms with van der Waals surface area (Å²) >= 11 is 0. The zero-order chi connectivity index (χ0) is 23.5. The minimum absolute atomic E-state index is 0.270. The second-order valence-electron chi connectivity index (χ2n) is 7.28. The van der Waals surface area contributed by atoms with Crippen LogP contribution in [0.5, 0.6) is 5.75 Å². The van der Waals surface area contributed by atoms with Crippen LogP contribution in [-0.2, 0) is 16.0 Å². The molecule has 0 aromatic heterocycles. The Labute approximate surface area is 188 Å². The molecule has 4 rings (SSSR count). The van der Waals surface area contributed by atoms with Crippen molar-refractivity contribution in [2.24, 2.45) is 0 Å². The number of nitrogens with zero attached hydrogens (tertiary/aromatic N) is 1. The maximum atomic E-state index is 14.3. The molecule has 4 amide bonds. The van der Waals surface area contributed by atoms with Gasteiger partial charge in [0.2, 0.25) is 0 Å². The Hall–Kier alpha value is -4.33. The molecule has 0 unspecified atom stereocenters. The maximum absolute atomic E-state index is 14.3. The number of halogens is 2. The first-order valence-corrected chi connectivity index (χ1v) is 9.94. The molecule has 1 saturated heterocycles. The largest absolute Gasteiger partial charge is 0.497 e. The van der Waals surface area contributed by atoms with Crippen molar-refractivity contribution in [3.63, 3.8) is 0 Å². The monoisotopic (exact) mass is 448 g/mol. The SMILES string of the molecule is COc1ccc(/C=C2/C(=O)NC(=O)N(c3ccccc3F)C2=O)c(Cc2cccc(F)c2)c1. The highest BCUT2D eigenvalue weighted by molar-refractivity contribution is 6.39. The molecule has 33 heavy (non-hydrogen) atoms. The molecular weight excluding hydrogens is 430 g/mol. The molecule has 3 aromatic rings. The number of urea groups is 1. The summed E-state index contributed by atoms with van der Waals surface area (Å²) in [7, 11) is 1.50. The summed E-state index contributed by atoms with van der Waals surface area (Å²) in [4.78, 5) is 38.5. The minimum Gasteiger partial charge on any atom is -0.497 e. The van der Waals surface area contributed by atoms with E-state index in [0.717, 1.165) is 6.07 Å². The lowest BCUT2D eigenvalue weighted by molar-refractivity contribution is -0.122. The third-order valence-electron chi connectivity index (χ3n) is 5.13. The van der Waals surface area contributed by atoms with Crippen LogP contribution in [0.3, 0.4) is 0 Å². The van der Waals surface area contributed by atoms with Gasteiger partial charge in [-0.3, -0.25) is 14.9 Å². The number of ether oxygens (including phenoxy) is 1. The van der Waals surface area contributed by atoms with Gasteiger partial charge in [0, 0.05) is 0 Å². The molecule has 0 bridgehead atoms. The Morgan fingerprint density at radius 3 is 2.48 bits per heavy atom. The maximum Gasteiger partial charge on any atom is 0.336 e. The van der Waals surface area contributed by atoms with Crippen molar-refractivity contribution in [1.29, 1.82) is 0 Å². The summed E-state index contributed by atoms with van der Waals surface area (Å²) in [5.74, 6) is -2.50. The average molecular weight is 448 g/mol. The molecule has 8 heteroatoms. The number of carbonyl (C=O) groups excluding carboxylic acids is 3. The molecule has 0 radical (unpaired) electrons. The summed E-state index contributed by atoms with van der Waals surface area (Å²) in [5.41, 5.74) is 1.20. The van der Waals surface area contributed by atoms with Gasteiger partial charge in [-0.2, -0.15) is 0 Å². The summed E-state index contributed by atoms with van der Waals surface area (Å²) < 4.78 is 33.2. The molecule has 1 fully saturated rings. The van der Waals surface area contributed by atoms with Crippen molar-refractivity contribution in [1.82, 2.24) is 5.32 Å². The normalized spacial score (nSPS) is 15.1. The fourth-order valence-corrected chi connectivity index (χ4v) is 3.53. The number of carbonyl (C=O) groups is 3. The van der Waals surface area contributed by atoms with Crippen molar-refractivity contribution >= 4 is 29.6 Å². The van der Waals surface area contributed by atoms with Crippen molar-refractivity contribution in [2.45, 2.75) is 6.42 Å². The van der Waals surface area contributed by atoms with Gasteiger partial charge >= 0.3 is 6.03 Å². The summed E-state index contributed by atoms with van der Waals surface area (Å²) in [6.07, 6.45) is 1.62. The Morgan fingerprint density at radius 2 is 1.76 bits per heavy atom. The van der Waals surface area contributed by atoms with Crippen molar-refractivity contribution in [3.05, 3.63) is 101 Å². The van der Waals surface area contributed by atoms with E-state index < -0.39 is 29.5 Å². The van der Waals surface area contributed by atoms with E-state index in [1.807, 2.05) is 0 Å². The number of hydrogen-bond acceptors (Lipinski definition) is 4. The Kier molecular flexibility index (Phi) is 5.99. The predicted molar refractivity (Wildman–Crippen MR) is 118 cm³/mol. The molecule has 1 aliphatic rings. The van der Waals surface area contributed by atoms with Crippen LogP contribution in [0.1, 0.15) is 16.7 Å². The Morgan fingerprint density at radius 1 is 0.970 bits per heavy atom. The summed E-state index contributed by atoms with van der Waals surface area (Å²) in [6.45, 7) is 0. The lowest BCUT2D eigenvalue weighted by Crippen LogP contribution is -2.54. The van der Waals surface area contributed by atoms with Gasteiger partial charge in [-0.25, -0.2) is 18.5 Å². The van der Waals surface area contributed by atoms with Crippen LogP contribution in [0, 0.1) is 11.6 Å². The fraction of sp³-hybridized carbons (Fsp3) is 0.0800. The highest BCUT2D eigenvalue weighted by atomic mass is 19.1. The van der Waals surface area contributed by atoms with Gasteiger partial charge in [0.05, 0.1) is 12.8 Å². The number of barbiturate groups is 1. The van der Waals surface area contributed by atoms with Gasteiger partial charge in [-0.15, -0.1) is 0 Å². The highest BCUT2D eigenvalue weighted by Crippen LogP contribution is 2.27. The summed E-state index contributed by atoms with van der Waals surface area (Å²) in [5, 5.41) is 2.07. The first kappa shape index (κ1) is 21.9. The number of para-hydroxylation sites is 1. The third kappa shape index (κ3) is 4.50. The minimum atomic E-state index is -1.04. The molecule has 6 nitrogen and oxygen atoms in total. The lowest BCUT2D eigenvalue weighted by atomic mass is 9.97. The Balaban J connectivity index is 1.77. The number of methoxy groups -OCH3 is 1. The zero-order valence-electron chi connectivity index (χ0n) is 17.5. The van der Waals surface area contributed by atoms with Crippen LogP contribution >= 0.6 is 0 Å². The van der Waals surface area contributed by atoms with E-state index in [2.05, 4.69) is 5.32 Å². The lowest BCUT2D eigenvalue weighted by Gasteiger charge is -2.26. The van der Waals surface area contributed by atoms with Crippen LogP contribution in [0.2, 0.25) is 0 Å². The number of anilines is 1. The molecule has 1 N–H and O–H groups in total. The average Bonchev–Trinajstić information content (AvgIpc) is 2.78. The van der Waals surface area contributed by atoms with Gasteiger partial charge in [0.1, 0.15) is 23.0 Å². The van der Waals surface area contributed by atoms with Gasteiger partial charge in [-0.1, -0.05) is 30.3 Å². The number of rotatable bonds is 5. The van der Waals surface area contributed by atoms with E-state index in [1.165, 1.54) is 43.5 Å². The zero-order valence-corrected chi connectivity index (χ0v) is 17.5. The molecule has 1 aliphatic heterocycles. The topological polar surface area (TPSA) is 75.7 Å². The Bertz CT molecular complexity index is 1300. The molecule has 0 spiro atoms. The van der Waals surface area contributed by atoms with Crippen LogP contribution < -0.4 is 15.0 Å². The number of amides is 4. The second-order valence-corrected chi connectivity index (χ2v) is 7.28. The number of nitrogens with one attached hydrogen (secondary N) is 1. The van der Waals surface area contributed by atoms with Crippen LogP contribution in [0.4, 0.5) is 19.3 Å². The van der Waals surface area contributed by atoms with Gasteiger partial charge in [-0.05, 0) is 65.6 Å². The molecule has 0 saturated carbocycles. The number of benzene rings is 3. The smallest absolute Gasteiger partial charge is 0.336 e. The van der Waals surface area contributed by atoms with Crippen LogP contribution in [0.15, 0.2) is 72.3 Å². The third-order valence-corrected chi connectivity index (χ3v) is 5.13. The molecule has 1 heterocycles. The van der Waals surface area contributed by atoms with E-state index in [0.29, 0.717) is 33.8 Å². The van der Waals surface area contributed by atoms with Crippen molar-refractivity contribution < 1.29 is 27.9 Å². The standard InChI is InChI=1S/C25H18F2N2O4/c1-33-19-10-9-16(17(13-19)11-15-5-4-6-18(26)12-15)14-20-23(30)28-25(32)29(24(20)31)22-8-3-2-7-21(22)27/h2-10,12-14H,11H2,1H3,(H,28,30,32)/b20-14-. The van der Waals surface area contributed by atoms with Gasteiger partial charge < -0.3 is 4.74 Å². The highest BCUT2D eigenvalue weighted by Gasteiger charge is 2.38. The van der Waals surface area contributed by atoms with E-state index in [4.69, 9.17) is 4.74 Å². The molecule has 0 aliphatic carbocycles. The number of imide groups is 2. The van der Waals surface area contributed by atoms with Crippen LogP contribution in [-0.4, -0.2) is 25.0 Å². The molecule has 3 aromatic carbocycles. The van der Waals surface area contributed by atoms with E-state index in [1.54, 1.807) is 30.3 Å². The second kappa shape index (κ2) is 9.04. The van der Waals surface area contributed by atoms with E-state index in [-0.39, 0.29) is 11.3 Å². The predicted octanol–water partition coefficient (Wildman–Crippen LogP) is 4.23. The molecular formula is C25H18F2N2O4. The molecule has 166 valence electrons. The van der Waals surface area contributed by atoms with Gasteiger partial charge in [0.15, 0.2) is 0 Å². The first-order valence-electron chi connectivity index (χ1n) is 9.94. The molecule has 0 atom stereocenters. The van der Waals surface area contributed by atoms with Crippen molar-refractivity contribution in [2.75, 3.05) is 12.0 Å². The number of hydrogen-bond donors (Lipinski definition) is 1. The fourth-order valence-electron chi connectivity index (χ4n) is 3.53. The van der Waals surface area contributed by atoms with E-state index in [9.17, 15) is 23.2 Å². The van der Waals surface area contributed by atoms with Gasteiger partial charge in [0.25, 0.3) is 11.8 Å². The van der Waals surface area contributed by atoms with Crippen LogP contribution in [0.25, 0.3) is 6.08 Å². The summed E-state index contributed by atoms with van der Waals surface area (Å²) in [6, 6.07) is 15.3. The van der Waals surface area contributed by atoms with E-state index >= 15 is 0 Å². The van der Waals surface area contributed by atoms with Crippen molar-refractivity contribution in [3.8, 4) is 5.75 Å². The quantitative estimate of drug-likeness (QED) is 0.468.